The highest BCUT2D eigenvalue weighted by atomic mass is 16.6. The molecule has 3 rings (SSSR count). The van der Waals surface area contributed by atoms with Crippen molar-refractivity contribution in [1.82, 2.24) is 5.32 Å². The number of rotatable bonds is 4. The topological polar surface area (TPSA) is 75.5 Å². The maximum atomic E-state index is 12.7. The van der Waals surface area contributed by atoms with E-state index in [9.17, 15) is 14.9 Å². The van der Waals surface area contributed by atoms with Crippen molar-refractivity contribution in [2.45, 2.75) is 57.9 Å². The largest absolute Gasteiger partial charge is 0.366 e. The first-order valence-electron chi connectivity index (χ1n) is 9.68. The molecule has 0 aromatic heterocycles. The Morgan fingerprint density at radius 1 is 1.19 bits per heavy atom. The van der Waals surface area contributed by atoms with Gasteiger partial charge in [0.25, 0.3) is 5.69 Å². The second-order valence-corrected chi connectivity index (χ2v) is 8.24. The zero-order chi connectivity index (χ0) is 18.7. The lowest BCUT2D eigenvalue weighted by atomic mass is 9.78. The number of amides is 1. The van der Waals surface area contributed by atoms with Crippen LogP contribution in [0, 0.1) is 22.0 Å². The molecule has 1 aliphatic carbocycles. The fraction of sp³-hybridized carbons (Fsp3) is 0.650. The lowest BCUT2D eigenvalue weighted by Gasteiger charge is -2.39. The van der Waals surface area contributed by atoms with Gasteiger partial charge in [0.05, 0.1) is 4.92 Å². The van der Waals surface area contributed by atoms with E-state index < -0.39 is 0 Å². The number of para-hydroxylation sites is 2. The molecule has 142 valence electrons. The van der Waals surface area contributed by atoms with E-state index in [2.05, 4.69) is 19.2 Å². The number of nitrogens with one attached hydrogen (secondary N) is 1. The third kappa shape index (κ3) is 4.17. The second-order valence-electron chi connectivity index (χ2n) is 8.24. The first-order valence-corrected chi connectivity index (χ1v) is 9.68. The third-order valence-electron chi connectivity index (χ3n) is 6.09. The van der Waals surface area contributed by atoms with Crippen LogP contribution in [0.3, 0.4) is 0 Å². The zero-order valence-electron chi connectivity index (χ0n) is 15.7. The number of anilines is 1. The molecule has 1 aromatic rings. The number of benzene rings is 1. The van der Waals surface area contributed by atoms with Crippen LogP contribution in [0.15, 0.2) is 24.3 Å². The van der Waals surface area contributed by atoms with Gasteiger partial charge in [0.15, 0.2) is 0 Å². The van der Waals surface area contributed by atoms with E-state index in [1.165, 1.54) is 12.8 Å². The quantitative estimate of drug-likeness (QED) is 0.653. The van der Waals surface area contributed by atoms with Gasteiger partial charge in [-0.1, -0.05) is 19.1 Å². The Balaban J connectivity index is 1.57. The first kappa shape index (κ1) is 18.7. The Labute approximate surface area is 155 Å². The van der Waals surface area contributed by atoms with E-state index in [1.807, 2.05) is 11.0 Å². The summed E-state index contributed by atoms with van der Waals surface area (Å²) in [6.45, 7) is 5.80. The molecule has 0 unspecified atom stereocenters. The van der Waals surface area contributed by atoms with E-state index in [1.54, 1.807) is 18.2 Å². The van der Waals surface area contributed by atoms with Crippen molar-refractivity contribution in [3.63, 3.8) is 0 Å². The van der Waals surface area contributed by atoms with Crippen LogP contribution in [0.25, 0.3) is 0 Å². The van der Waals surface area contributed by atoms with Gasteiger partial charge in [0.2, 0.25) is 5.91 Å². The number of hydrogen-bond donors (Lipinski definition) is 1. The summed E-state index contributed by atoms with van der Waals surface area (Å²) in [6.07, 6.45) is 5.93. The lowest BCUT2D eigenvalue weighted by molar-refractivity contribution is -0.384. The number of nitrogens with zero attached hydrogens (tertiary/aromatic N) is 2. The summed E-state index contributed by atoms with van der Waals surface area (Å²) in [4.78, 5) is 25.7. The molecule has 0 radical (unpaired) electrons. The normalized spacial score (nSPS) is 27.2. The molecular weight excluding hydrogens is 330 g/mol. The van der Waals surface area contributed by atoms with Gasteiger partial charge in [-0.3, -0.25) is 14.9 Å². The van der Waals surface area contributed by atoms with Gasteiger partial charge in [0.1, 0.15) is 5.69 Å². The Kier molecular flexibility index (Phi) is 5.49. The molecule has 1 saturated carbocycles. The highest BCUT2D eigenvalue weighted by Crippen LogP contribution is 2.34. The predicted octanol–water partition coefficient (Wildman–Crippen LogP) is 3.90. The van der Waals surface area contributed by atoms with Gasteiger partial charge >= 0.3 is 0 Å². The molecule has 1 heterocycles. The molecule has 1 aliphatic heterocycles. The van der Waals surface area contributed by atoms with Crippen molar-refractivity contribution >= 4 is 17.3 Å². The van der Waals surface area contributed by atoms with Crippen molar-refractivity contribution in [3.8, 4) is 0 Å². The van der Waals surface area contributed by atoms with Crippen molar-refractivity contribution in [3.05, 3.63) is 34.4 Å². The molecule has 6 nitrogen and oxygen atoms in total. The standard InChI is InChI=1S/C20H29N3O3/c1-15-7-11-20(2,12-8-15)21-19(24)16-9-13-22(14-10-16)17-5-3-4-6-18(17)23(25)26/h3-6,15-16H,7-14H2,1-2H3,(H,21,24). The van der Waals surface area contributed by atoms with Gasteiger partial charge in [-0.05, 0) is 57.4 Å². The van der Waals surface area contributed by atoms with Gasteiger partial charge in [0, 0.05) is 30.6 Å². The smallest absolute Gasteiger partial charge is 0.292 e. The van der Waals surface area contributed by atoms with Crippen LogP contribution in [-0.2, 0) is 4.79 Å². The van der Waals surface area contributed by atoms with E-state index >= 15 is 0 Å². The summed E-state index contributed by atoms with van der Waals surface area (Å²) in [7, 11) is 0. The molecule has 0 atom stereocenters. The molecule has 1 saturated heterocycles. The summed E-state index contributed by atoms with van der Waals surface area (Å²) in [5.41, 5.74) is 0.725. The molecule has 2 fully saturated rings. The Bertz CT molecular complexity index is 660. The Morgan fingerprint density at radius 3 is 2.42 bits per heavy atom. The molecule has 6 heteroatoms. The molecule has 0 bridgehead atoms. The third-order valence-corrected chi connectivity index (χ3v) is 6.09. The van der Waals surface area contributed by atoms with Gasteiger partial charge in [-0.2, -0.15) is 0 Å². The highest BCUT2D eigenvalue weighted by molar-refractivity contribution is 5.80. The van der Waals surface area contributed by atoms with Crippen LogP contribution in [-0.4, -0.2) is 29.5 Å². The molecular formula is C20H29N3O3. The maximum Gasteiger partial charge on any atom is 0.292 e. The maximum absolute atomic E-state index is 12.7. The van der Waals surface area contributed by atoms with Crippen molar-refractivity contribution in [2.24, 2.45) is 11.8 Å². The first-order chi connectivity index (χ1) is 12.4. The van der Waals surface area contributed by atoms with Crippen molar-refractivity contribution in [1.29, 1.82) is 0 Å². The summed E-state index contributed by atoms with van der Waals surface area (Å²) < 4.78 is 0. The van der Waals surface area contributed by atoms with Gasteiger partial charge in [-0.15, -0.1) is 0 Å². The number of piperidine rings is 1. The van der Waals surface area contributed by atoms with Crippen LogP contribution in [0.1, 0.15) is 52.4 Å². The average molecular weight is 359 g/mol. The van der Waals surface area contributed by atoms with Gasteiger partial charge in [-0.25, -0.2) is 0 Å². The van der Waals surface area contributed by atoms with E-state index in [0.717, 1.165) is 31.6 Å². The Hall–Kier alpha value is -2.11. The molecule has 1 N–H and O–H groups in total. The fourth-order valence-electron chi connectivity index (χ4n) is 4.19. The number of nitro groups is 1. The van der Waals surface area contributed by atoms with Crippen LogP contribution in [0.4, 0.5) is 11.4 Å². The zero-order valence-corrected chi connectivity index (χ0v) is 15.7. The molecule has 1 aromatic carbocycles. The number of nitro benzene ring substituents is 1. The second kappa shape index (κ2) is 7.64. The number of hydrogen-bond acceptors (Lipinski definition) is 4. The van der Waals surface area contributed by atoms with Gasteiger partial charge < -0.3 is 10.2 Å². The number of carbonyl (C=O) groups excluding carboxylic acids is 1. The monoisotopic (exact) mass is 359 g/mol. The summed E-state index contributed by atoms with van der Waals surface area (Å²) in [5.74, 6) is 0.916. The summed E-state index contributed by atoms with van der Waals surface area (Å²) in [5, 5.41) is 14.5. The van der Waals surface area contributed by atoms with Crippen LogP contribution in [0.2, 0.25) is 0 Å². The summed E-state index contributed by atoms with van der Waals surface area (Å²) >= 11 is 0. The SMILES string of the molecule is CC1CCC(C)(NC(=O)C2CCN(c3ccccc3[N+](=O)[O-])CC2)CC1. The van der Waals surface area contributed by atoms with Crippen LogP contribution < -0.4 is 10.2 Å². The minimum atomic E-state index is -0.334. The van der Waals surface area contributed by atoms with E-state index in [4.69, 9.17) is 0 Å². The Morgan fingerprint density at radius 2 is 1.81 bits per heavy atom. The molecule has 26 heavy (non-hydrogen) atoms. The average Bonchev–Trinajstić information content (AvgIpc) is 2.64. The van der Waals surface area contributed by atoms with Crippen LogP contribution in [0.5, 0.6) is 0 Å². The predicted molar refractivity (Wildman–Crippen MR) is 102 cm³/mol. The summed E-state index contributed by atoms with van der Waals surface area (Å²) in [6, 6.07) is 6.85. The highest BCUT2D eigenvalue weighted by Gasteiger charge is 2.34. The minimum absolute atomic E-state index is 0.00481. The number of carbonyl (C=O) groups is 1. The molecule has 1 amide bonds. The molecule has 0 spiro atoms. The van der Waals surface area contributed by atoms with Crippen LogP contribution >= 0.6 is 0 Å². The van der Waals surface area contributed by atoms with E-state index in [-0.39, 0.29) is 28.0 Å². The van der Waals surface area contributed by atoms with Crippen molar-refractivity contribution in [2.75, 3.05) is 18.0 Å². The molecule has 2 aliphatic rings. The lowest BCUT2D eigenvalue weighted by Crippen LogP contribution is -2.51. The fourth-order valence-corrected chi connectivity index (χ4v) is 4.19. The minimum Gasteiger partial charge on any atom is -0.366 e. The van der Waals surface area contributed by atoms with E-state index in [0.29, 0.717) is 18.8 Å². The van der Waals surface area contributed by atoms with Crippen molar-refractivity contribution < 1.29 is 9.72 Å².